The Bertz CT molecular complexity index is 973. The minimum absolute atomic E-state index is 0.0790. The molecule has 0 radical (unpaired) electrons. The molecule has 1 aromatic carbocycles. The number of oxazole rings is 1. The lowest BCUT2D eigenvalue weighted by Gasteiger charge is -2.38. The number of hydrogen-bond donors (Lipinski definition) is 0. The lowest BCUT2D eigenvalue weighted by molar-refractivity contribution is 0.0620. The van der Waals surface area contributed by atoms with Gasteiger partial charge in [0.2, 0.25) is 5.89 Å². The number of aromatic nitrogens is 2. The number of pyridine rings is 1. The second-order valence-electron chi connectivity index (χ2n) is 7.51. The Morgan fingerprint density at radius 3 is 2.82 bits per heavy atom. The summed E-state index contributed by atoms with van der Waals surface area (Å²) in [5.74, 6) is 0.882. The third-order valence-corrected chi connectivity index (χ3v) is 5.26. The molecule has 1 fully saturated rings. The number of likely N-dealkylation sites (tertiary alicyclic amines) is 1. The molecule has 0 saturated carbocycles. The molecule has 6 heteroatoms. The van der Waals surface area contributed by atoms with Crippen LogP contribution in [0.5, 0.6) is 0 Å². The number of carbonyl (C=O) groups excluding carboxylic acids is 1. The summed E-state index contributed by atoms with van der Waals surface area (Å²) in [4.78, 5) is 23.2. The standard InChI is InChI=1S/C22H22FN3O2/c1-22(10-6-12-26(15-22)20(27)19-9-4-5-11-24-19)21-25-14-17(28-21)13-16-7-2-3-8-18(16)23/h2-5,7-9,11,14H,6,10,12-13,15H2,1H3/t22-/m1/s1. The van der Waals surface area contributed by atoms with Gasteiger partial charge < -0.3 is 9.32 Å². The Kier molecular flexibility index (Phi) is 4.94. The number of amides is 1. The molecule has 1 aliphatic rings. The molecule has 1 amide bonds. The highest BCUT2D eigenvalue weighted by Crippen LogP contribution is 2.34. The van der Waals surface area contributed by atoms with E-state index in [1.807, 2.05) is 11.0 Å². The summed E-state index contributed by atoms with van der Waals surface area (Å²) < 4.78 is 19.9. The van der Waals surface area contributed by atoms with E-state index in [-0.39, 0.29) is 17.1 Å². The van der Waals surface area contributed by atoms with Crippen LogP contribution in [0.2, 0.25) is 0 Å². The maximum Gasteiger partial charge on any atom is 0.272 e. The van der Waals surface area contributed by atoms with Crippen LogP contribution in [-0.4, -0.2) is 33.9 Å². The number of hydrogen-bond acceptors (Lipinski definition) is 4. The van der Waals surface area contributed by atoms with Crippen molar-refractivity contribution in [2.24, 2.45) is 0 Å². The maximum atomic E-state index is 13.9. The summed E-state index contributed by atoms with van der Waals surface area (Å²) in [6.07, 6.45) is 5.37. The van der Waals surface area contributed by atoms with Crippen molar-refractivity contribution in [2.45, 2.75) is 31.6 Å². The quantitative estimate of drug-likeness (QED) is 0.688. The average Bonchev–Trinajstić information content (AvgIpc) is 3.19. The minimum atomic E-state index is -0.379. The van der Waals surface area contributed by atoms with Gasteiger partial charge in [0.1, 0.15) is 17.3 Å². The Hall–Kier alpha value is -3.02. The third kappa shape index (κ3) is 3.67. The molecule has 0 N–H and O–H groups in total. The van der Waals surface area contributed by atoms with Gasteiger partial charge in [-0.15, -0.1) is 0 Å². The highest BCUT2D eigenvalue weighted by molar-refractivity contribution is 5.92. The largest absolute Gasteiger partial charge is 0.445 e. The lowest BCUT2D eigenvalue weighted by atomic mass is 9.81. The lowest BCUT2D eigenvalue weighted by Crippen LogP contribution is -2.47. The van der Waals surface area contributed by atoms with Gasteiger partial charge in [0, 0.05) is 25.7 Å². The first-order chi connectivity index (χ1) is 13.5. The van der Waals surface area contributed by atoms with Gasteiger partial charge in [-0.25, -0.2) is 9.37 Å². The van der Waals surface area contributed by atoms with Crippen LogP contribution in [0, 0.1) is 5.82 Å². The van der Waals surface area contributed by atoms with Crippen molar-refractivity contribution in [3.63, 3.8) is 0 Å². The van der Waals surface area contributed by atoms with Crippen molar-refractivity contribution in [1.82, 2.24) is 14.9 Å². The van der Waals surface area contributed by atoms with Gasteiger partial charge >= 0.3 is 0 Å². The molecule has 3 aromatic rings. The van der Waals surface area contributed by atoms with Crippen LogP contribution in [0.25, 0.3) is 0 Å². The first-order valence-corrected chi connectivity index (χ1v) is 9.44. The number of piperidine rings is 1. The second kappa shape index (κ2) is 7.54. The summed E-state index contributed by atoms with van der Waals surface area (Å²) >= 11 is 0. The van der Waals surface area contributed by atoms with Crippen LogP contribution in [0.3, 0.4) is 0 Å². The van der Waals surface area contributed by atoms with E-state index in [1.165, 1.54) is 6.07 Å². The van der Waals surface area contributed by atoms with Gasteiger partial charge in [-0.1, -0.05) is 24.3 Å². The topological polar surface area (TPSA) is 59.2 Å². The Labute approximate surface area is 163 Å². The molecule has 0 unspecified atom stereocenters. The van der Waals surface area contributed by atoms with Crippen LogP contribution in [0.15, 0.2) is 59.3 Å². The fourth-order valence-corrected chi connectivity index (χ4v) is 3.74. The molecular weight excluding hydrogens is 357 g/mol. The van der Waals surface area contributed by atoms with E-state index in [9.17, 15) is 9.18 Å². The van der Waals surface area contributed by atoms with Crippen molar-refractivity contribution in [1.29, 1.82) is 0 Å². The van der Waals surface area contributed by atoms with Crippen molar-refractivity contribution in [3.05, 3.63) is 83.6 Å². The molecule has 28 heavy (non-hydrogen) atoms. The van der Waals surface area contributed by atoms with E-state index < -0.39 is 0 Å². The SMILES string of the molecule is C[C@@]1(c2ncc(Cc3ccccc3F)o2)CCCN(C(=O)c2ccccn2)C1. The number of nitrogens with zero attached hydrogens (tertiary/aromatic N) is 3. The zero-order valence-corrected chi connectivity index (χ0v) is 15.8. The van der Waals surface area contributed by atoms with Crippen molar-refractivity contribution in [2.75, 3.05) is 13.1 Å². The fourth-order valence-electron chi connectivity index (χ4n) is 3.74. The van der Waals surface area contributed by atoms with Gasteiger partial charge in [0.25, 0.3) is 5.91 Å². The van der Waals surface area contributed by atoms with E-state index >= 15 is 0 Å². The van der Waals surface area contributed by atoms with E-state index in [0.717, 1.165) is 12.8 Å². The number of carbonyl (C=O) groups is 1. The summed E-state index contributed by atoms with van der Waals surface area (Å²) in [7, 11) is 0. The molecule has 0 bridgehead atoms. The molecule has 144 valence electrons. The van der Waals surface area contributed by atoms with Gasteiger partial charge in [-0.3, -0.25) is 9.78 Å². The zero-order valence-electron chi connectivity index (χ0n) is 15.8. The highest BCUT2D eigenvalue weighted by atomic mass is 19.1. The van der Waals surface area contributed by atoms with Gasteiger partial charge in [0.15, 0.2) is 0 Å². The predicted octanol–water partition coefficient (Wildman–Crippen LogP) is 3.99. The maximum absolute atomic E-state index is 13.9. The number of rotatable bonds is 4. The first kappa shape index (κ1) is 18.3. The van der Waals surface area contributed by atoms with Crippen LogP contribution in [-0.2, 0) is 11.8 Å². The Morgan fingerprint density at radius 2 is 2.04 bits per heavy atom. The van der Waals surface area contributed by atoms with Crippen molar-refractivity contribution < 1.29 is 13.6 Å². The van der Waals surface area contributed by atoms with E-state index in [0.29, 0.717) is 42.4 Å². The normalized spacial score (nSPS) is 19.6. The smallest absolute Gasteiger partial charge is 0.272 e. The summed E-state index contributed by atoms with van der Waals surface area (Å²) in [6.45, 7) is 3.26. The summed E-state index contributed by atoms with van der Waals surface area (Å²) in [6, 6.07) is 12.0. The molecule has 3 heterocycles. The molecule has 0 spiro atoms. The number of benzene rings is 1. The second-order valence-corrected chi connectivity index (χ2v) is 7.51. The molecule has 1 aliphatic heterocycles. The molecule has 5 nitrogen and oxygen atoms in total. The van der Waals surface area contributed by atoms with Crippen LogP contribution in [0.1, 0.15) is 47.5 Å². The van der Waals surface area contributed by atoms with Crippen molar-refractivity contribution in [3.8, 4) is 0 Å². The molecular formula is C22H22FN3O2. The highest BCUT2D eigenvalue weighted by Gasteiger charge is 2.39. The van der Waals surface area contributed by atoms with E-state index in [4.69, 9.17) is 4.42 Å². The Morgan fingerprint density at radius 1 is 1.21 bits per heavy atom. The van der Waals surface area contributed by atoms with Crippen molar-refractivity contribution >= 4 is 5.91 Å². The third-order valence-electron chi connectivity index (χ3n) is 5.26. The molecule has 1 atom stereocenters. The molecule has 2 aromatic heterocycles. The van der Waals surface area contributed by atoms with Gasteiger partial charge in [-0.2, -0.15) is 0 Å². The van der Waals surface area contributed by atoms with Crippen LogP contribution in [0.4, 0.5) is 4.39 Å². The van der Waals surface area contributed by atoms with Crippen LogP contribution < -0.4 is 0 Å². The molecule has 4 rings (SSSR count). The van der Waals surface area contributed by atoms with E-state index in [2.05, 4.69) is 16.9 Å². The average molecular weight is 379 g/mol. The number of halogens is 1. The van der Waals surface area contributed by atoms with Crippen LogP contribution >= 0.6 is 0 Å². The fraction of sp³-hybridized carbons (Fsp3) is 0.318. The minimum Gasteiger partial charge on any atom is -0.445 e. The van der Waals surface area contributed by atoms with Gasteiger partial charge in [-0.05, 0) is 43.5 Å². The van der Waals surface area contributed by atoms with E-state index in [1.54, 1.807) is 42.7 Å². The molecule has 1 saturated heterocycles. The summed E-state index contributed by atoms with van der Waals surface area (Å²) in [5, 5.41) is 0. The van der Waals surface area contributed by atoms with Gasteiger partial charge in [0.05, 0.1) is 11.6 Å². The Balaban J connectivity index is 1.51. The zero-order chi connectivity index (χ0) is 19.6. The molecule has 0 aliphatic carbocycles. The monoisotopic (exact) mass is 379 g/mol. The summed E-state index contributed by atoms with van der Waals surface area (Å²) in [5.41, 5.74) is 0.640. The predicted molar refractivity (Wildman–Crippen MR) is 102 cm³/mol. The first-order valence-electron chi connectivity index (χ1n) is 9.44.